The minimum atomic E-state index is 0.507. The topological polar surface area (TPSA) is 0 Å². The summed E-state index contributed by atoms with van der Waals surface area (Å²) in [6.45, 7) is 4.90. The molecule has 21 heavy (non-hydrogen) atoms. The zero-order valence-corrected chi connectivity index (χ0v) is 64.5. The van der Waals surface area contributed by atoms with Gasteiger partial charge in [0.2, 0.25) is 0 Å². The van der Waals surface area contributed by atoms with E-state index in [2.05, 4.69) is 25.2 Å². The van der Waals surface area contributed by atoms with E-state index in [0.29, 0.717) is 257 Å². The van der Waals surface area contributed by atoms with E-state index < -0.39 is 0 Å². The van der Waals surface area contributed by atoms with E-state index >= 15 is 0 Å². The SMILES string of the molecule is Cc1[c]([RaH])[c]([RaH])[c]([RaH])c2c1sc1c(C)[c]([RaH])[c]([RaH])[c]([RaH])c12. The molecule has 0 aliphatic heterocycles. The monoisotopic (exact) mass is 1570 g/mol. The molecule has 0 amide bonds. The van der Waals surface area contributed by atoms with Gasteiger partial charge in [-0.1, -0.05) is 0 Å². The van der Waals surface area contributed by atoms with Crippen LogP contribution in [0.4, 0.5) is 0 Å². The molecule has 3 rings (SSSR count). The van der Waals surface area contributed by atoms with E-state index in [1.165, 1.54) is 0 Å². The van der Waals surface area contributed by atoms with E-state index in [-0.39, 0.29) is 0 Å². The van der Waals surface area contributed by atoms with E-state index in [4.69, 9.17) is 0 Å². The van der Waals surface area contributed by atoms with Crippen molar-refractivity contribution >= 4 is 35.1 Å². The average Bonchev–Trinajstić information content (AvgIpc) is 2.87. The van der Waals surface area contributed by atoms with Crippen LogP contribution in [0.3, 0.4) is 0 Å². The Morgan fingerprint density at radius 1 is 0.524 bits per heavy atom. The Hall–Kier alpha value is 7.47. The van der Waals surface area contributed by atoms with E-state index in [0.717, 1.165) is 0 Å². The Balaban J connectivity index is 2.73. The summed E-state index contributed by atoms with van der Waals surface area (Å²) < 4.78 is 15.0. The predicted molar refractivity (Wildman–Crippen MR) is 75.0 cm³/mol. The summed E-state index contributed by atoms with van der Waals surface area (Å²) in [4.78, 5) is 0. The van der Waals surface area contributed by atoms with Gasteiger partial charge in [0.25, 0.3) is 0 Å². The molecule has 86 valence electrons. The summed E-state index contributed by atoms with van der Waals surface area (Å²) >= 11 is 5.36. The third kappa shape index (κ3) is 4.42. The number of hydrogen-bond acceptors (Lipinski definition) is 1. The molecule has 0 saturated heterocycles. The first-order valence-corrected chi connectivity index (χ1v) is 33.1. The van der Waals surface area contributed by atoms with Crippen LogP contribution in [0.15, 0.2) is 0 Å². The summed E-state index contributed by atoms with van der Waals surface area (Å²) in [5, 5.41) is 3.63. The molecule has 0 radical (unpaired) electrons. The molecule has 0 nitrogen and oxygen atoms in total. The van der Waals surface area contributed by atoms with Crippen LogP contribution >= 0.6 is 11.3 Å². The first-order valence-electron chi connectivity index (χ1n) is 7.66. The summed E-state index contributed by atoms with van der Waals surface area (Å²) in [6.07, 6.45) is 0. The van der Waals surface area contributed by atoms with Gasteiger partial charge in [-0.15, -0.1) is 0 Å². The number of benzene rings is 2. The van der Waals surface area contributed by atoms with Crippen molar-refractivity contribution in [2.75, 3.05) is 0 Å². The molecule has 0 saturated carbocycles. The van der Waals surface area contributed by atoms with Crippen LogP contribution in [0.5, 0.6) is 0 Å². The number of aryl methyl sites for hydroxylation is 2. The van der Waals surface area contributed by atoms with Gasteiger partial charge in [0.15, 0.2) is 0 Å². The summed E-state index contributed by atoms with van der Waals surface area (Å²) in [5.41, 5.74) is 3.44. The zero-order chi connectivity index (χ0) is 15.6. The summed E-state index contributed by atoms with van der Waals surface area (Å²) in [6, 6.07) is 0. The molecule has 3 aromatic rings. The van der Waals surface area contributed by atoms with Gasteiger partial charge in [-0.05, 0) is 0 Å². The first kappa shape index (κ1) is 23.1. The van der Waals surface area contributed by atoms with Crippen molar-refractivity contribution in [3.05, 3.63) is 11.1 Å². The van der Waals surface area contributed by atoms with Crippen molar-refractivity contribution in [3.63, 3.8) is 0 Å². The molecule has 2 aromatic carbocycles. The van der Waals surface area contributed by atoms with E-state index in [1.807, 2.05) is 14.4 Å². The second kappa shape index (κ2) is 9.73. The second-order valence-electron chi connectivity index (χ2n) is 6.51. The van der Waals surface area contributed by atoms with Gasteiger partial charge in [-0.3, -0.25) is 0 Å². The van der Waals surface area contributed by atoms with Crippen molar-refractivity contribution in [2.24, 2.45) is 0 Å². The van der Waals surface area contributed by atoms with Crippen molar-refractivity contribution in [1.29, 1.82) is 0 Å². The van der Waals surface area contributed by atoms with Gasteiger partial charge in [-0.25, -0.2) is 0 Å². The maximum atomic E-state index is 2.45. The average molecular weight is 1570 g/mol. The Kier molecular flexibility index (Phi) is 10.7. The molecule has 0 aliphatic rings. The van der Waals surface area contributed by atoms with Gasteiger partial charge in [0.1, 0.15) is 0 Å². The van der Waals surface area contributed by atoms with Crippen molar-refractivity contribution in [2.45, 2.75) is 13.8 Å². The molecule has 1 heterocycles. The Bertz CT molecular complexity index is 851. The summed E-state index contributed by atoms with van der Waals surface area (Å²) in [7, 11) is 0. The van der Waals surface area contributed by atoms with E-state index in [9.17, 15) is 0 Å². The first-order chi connectivity index (χ1) is 9.77. The van der Waals surface area contributed by atoms with Gasteiger partial charge in [0, 0.05) is 0 Å². The van der Waals surface area contributed by atoms with Gasteiger partial charge < -0.3 is 0 Å². The molecular formula is C14H12Ra6S. The zero-order valence-electron chi connectivity index (χ0n) is 14.4. The fraction of sp³-hybridized carbons (Fsp3) is 0.143. The molecule has 7 heteroatoms. The van der Waals surface area contributed by atoms with Crippen LogP contribution < -0.4 is 3.63 Å². The minimum absolute atomic E-state index is 0.507. The van der Waals surface area contributed by atoms with Crippen LogP contribution in [0.25, 0.3) is 20.2 Å². The van der Waals surface area contributed by atoms with Gasteiger partial charge in [0.05, 0.1) is 0 Å². The maximum absolute atomic E-state index is 2.45. The Labute approximate surface area is 305 Å². The van der Waals surface area contributed by atoms with Crippen LogP contribution in [-0.2, 0) is 0 Å². The molecule has 0 atom stereocenters. The molecule has 1 aromatic heterocycles. The standard InChI is InChI=1S/C14H6S.6Ra.6H/c1-9-5-3-7-11-12-8-4-6-10(2)14(12)15-13(9)11;;;;;;;;;;;;/h1-2H3;;;;;;;;;;;;. The molecule has 0 spiro atoms. The third-order valence-corrected chi connectivity index (χ3v) is 110. The molecule has 0 aliphatic carbocycles. The van der Waals surface area contributed by atoms with Crippen LogP contribution in [0.2, 0.25) is 0 Å². The fourth-order valence-corrected chi connectivity index (χ4v) is 42.4. The number of fused-ring (bicyclic) bond motifs is 3. The van der Waals surface area contributed by atoms with Crippen LogP contribution in [0, 0.1) is 271 Å². The number of rotatable bonds is 0. The Morgan fingerprint density at radius 3 is 1.19 bits per heavy atom. The number of thiophene rings is 1. The quantitative estimate of drug-likeness (QED) is 0.248. The number of hydrogen-bond donors (Lipinski definition) is 0. The molecule has 0 N–H and O–H groups in total. The van der Waals surface area contributed by atoms with Gasteiger partial charge in [-0.2, -0.15) is 0 Å². The van der Waals surface area contributed by atoms with Crippen LogP contribution in [0.1, 0.15) is 11.1 Å². The van der Waals surface area contributed by atoms with Crippen molar-refractivity contribution < 1.29 is 257 Å². The van der Waals surface area contributed by atoms with E-state index in [1.54, 1.807) is 20.5 Å². The normalized spacial score (nSPS) is 11.2. The summed E-state index contributed by atoms with van der Waals surface area (Å²) in [5.74, 6) is 0. The Morgan fingerprint density at radius 2 is 0.857 bits per heavy atom. The third-order valence-electron chi connectivity index (χ3n) is 5.71. The van der Waals surface area contributed by atoms with Crippen molar-refractivity contribution in [1.82, 2.24) is 0 Å². The predicted octanol–water partition coefficient (Wildman–Crippen LogP) is -1.89. The fourth-order valence-electron chi connectivity index (χ4n) is 3.52. The molecule has 0 unspecified atom stereocenters. The van der Waals surface area contributed by atoms with Crippen LogP contribution in [-0.4, -0.2) is 0 Å². The molecule has 0 bridgehead atoms. The molecular weight excluding hydrogens is 1560 g/mol. The molecule has 0 fully saturated rings. The second-order valence-corrected chi connectivity index (χ2v) is 32.2. The van der Waals surface area contributed by atoms with Crippen molar-refractivity contribution in [3.8, 4) is 0 Å². The van der Waals surface area contributed by atoms with Gasteiger partial charge >= 0.3 is 317 Å².